The van der Waals surface area contributed by atoms with E-state index in [4.69, 9.17) is 16.3 Å². The highest BCUT2D eigenvalue weighted by Gasteiger charge is 2.48. The molecule has 5 aromatic rings. The summed E-state index contributed by atoms with van der Waals surface area (Å²) < 4.78 is 60.4. The summed E-state index contributed by atoms with van der Waals surface area (Å²) in [5.41, 5.74) is -1.58. The number of halogens is 4. The Morgan fingerprint density at radius 2 is 1.83 bits per heavy atom. The van der Waals surface area contributed by atoms with Gasteiger partial charge in [0, 0.05) is 40.6 Å². The Morgan fingerprint density at radius 3 is 2.48 bits per heavy atom. The van der Waals surface area contributed by atoms with Crippen molar-refractivity contribution in [3.05, 3.63) is 92.4 Å². The molecule has 0 bridgehead atoms. The van der Waals surface area contributed by atoms with Crippen LogP contribution in [0.4, 0.5) is 18.9 Å². The molecule has 0 aliphatic carbocycles. The van der Waals surface area contributed by atoms with Gasteiger partial charge in [-0.3, -0.25) is 18.6 Å². The Labute approximate surface area is 299 Å². The van der Waals surface area contributed by atoms with Gasteiger partial charge in [-0.05, 0) is 62.2 Å². The molecule has 2 aliphatic rings. The number of nitrogens with zero attached hydrogens (tertiary/aromatic N) is 7. The van der Waals surface area contributed by atoms with Gasteiger partial charge in [0.25, 0.3) is 11.5 Å². The van der Waals surface area contributed by atoms with Gasteiger partial charge in [-0.1, -0.05) is 11.6 Å². The molecule has 2 aliphatic heterocycles. The molecule has 1 atom stereocenters. The molecule has 1 fully saturated rings. The number of alkyl halides is 3. The highest BCUT2D eigenvalue weighted by atomic mass is 35.5. The molecule has 0 saturated carbocycles. The number of likely N-dealkylation sites (tertiary alicyclic amines) is 1. The van der Waals surface area contributed by atoms with Gasteiger partial charge in [0.15, 0.2) is 17.3 Å². The lowest BCUT2D eigenvalue weighted by atomic mass is 9.85. The third-order valence-corrected chi connectivity index (χ3v) is 10.4. The normalized spacial score (nSPS) is 15.9. The lowest BCUT2D eigenvalue weighted by Gasteiger charge is -2.38. The fourth-order valence-electron chi connectivity index (χ4n) is 6.44. The molecule has 2 N–H and O–H groups in total. The first-order valence-corrected chi connectivity index (χ1v) is 17.7. The monoisotopic (exact) mass is 756 g/mol. The largest absolute Gasteiger partial charge is 0.504 e. The molecule has 1 unspecified atom stereocenters. The molecule has 1 saturated heterocycles. The van der Waals surface area contributed by atoms with Crippen molar-refractivity contribution in [1.29, 1.82) is 0 Å². The number of carbonyl (C=O) groups is 2. The van der Waals surface area contributed by atoms with E-state index in [1.54, 1.807) is 31.2 Å². The Balaban J connectivity index is 1.26. The fourth-order valence-corrected chi connectivity index (χ4v) is 7.18. The van der Waals surface area contributed by atoms with Crippen LogP contribution in [0.25, 0.3) is 17.2 Å². The number of rotatable bonds is 6. The van der Waals surface area contributed by atoms with Crippen LogP contribution < -0.4 is 10.9 Å². The summed E-state index contributed by atoms with van der Waals surface area (Å²) in [6.07, 6.45) is -1.55. The van der Waals surface area contributed by atoms with Crippen molar-refractivity contribution < 1.29 is 36.8 Å². The van der Waals surface area contributed by atoms with Crippen molar-refractivity contribution >= 4 is 45.7 Å². The number of aromatic nitrogens is 6. The number of anilines is 1. The van der Waals surface area contributed by atoms with Gasteiger partial charge < -0.3 is 24.6 Å². The summed E-state index contributed by atoms with van der Waals surface area (Å²) in [5.74, 6) is -1.38. The van der Waals surface area contributed by atoms with Gasteiger partial charge in [0.05, 0.1) is 39.8 Å². The van der Waals surface area contributed by atoms with Gasteiger partial charge in [-0.15, -0.1) is 5.10 Å². The number of carbonyl (C=O) groups excluding carboxylic acids is 2. The first-order chi connectivity index (χ1) is 24.7. The average Bonchev–Trinajstić information content (AvgIpc) is 3.72. The number of benzene rings is 2. The Bertz CT molecular complexity index is 2360. The first-order valence-electron chi connectivity index (χ1n) is 15.7. The van der Waals surface area contributed by atoms with E-state index in [1.165, 1.54) is 22.1 Å². The average molecular weight is 757 g/mol. The Kier molecular flexibility index (Phi) is 8.86. The molecule has 7 rings (SSSR count). The van der Waals surface area contributed by atoms with E-state index in [-0.39, 0.29) is 77.6 Å². The number of aromatic hydroxyl groups is 1. The van der Waals surface area contributed by atoms with E-state index in [0.29, 0.717) is 22.2 Å². The number of piperidine rings is 1. The second-order valence-corrected chi connectivity index (χ2v) is 14.1. The van der Waals surface area contributed by atoms with Crippen LogP contribution in [0.3, 0.4) is 0 Å². The van der Waals surface area contributed by atoms with Crippen molar-refractivity contribution in [3.8, 4) is 17.1 Å². The maximum atomic E-state index is 14.3. The molecule has 52 heavy (non-hydrogen) atoms. The molecule has 2 aromatic carbocycles. The highest BCUT2D eigenvalue weighted by molar-refractivity contribution is 7.84. The zero-order chi connectivity index (χ0) is 37.1. The summed E-state index contributed by atoms with van der Waals surface area (Å²) in [6, 6.07) is 9.15. The number of nitrogens with one attached hydrogen (secondary N) is 1. The zero-order valence-corrected chi connectivity index (χ0v) is 29.0. The summed E-state index contributed by atoms with van der Waals surface area (Å²) >= 11 is 6.10. The number of hydrogen-bond acceptors (Lipinski definition) is 10. The fraction of sp³-hybridized carbons (Fsp3) is 0.303. The Morgan fingerprint density at radius 1 is 1.12 bits per heavy atom. The molecule has 270 valence electrons. The molecule has 0 radical (unpaired) electrons. The summed E-state index contributed by atoms with van der Waals surface area (Å²) in [4.78, 5) is 55.6. The molecule has 3 aromatic heterocycles. The minimum Gasteiger partial charge on any atom is -0.504 e. The van der Waals surface area contributed by atoms with Crippen molar-refractivity contribution in [2.45, 2.75) is 49.6 Å². The van der Waals surface area contributed by atoms with E-state index >= 15 is 0 Å². The predicted octanol–water partition coefficient (Wildman–Crippen LogP) is 4.07. The van der Waals surface area contributed by atoms with Gasteiger partial charge >= 0.3 is 6.18 Å². The van der Waals surface area contributed by atoms with Crippen molar-refractivity contribution in [1.82, 2.24) is 34.0 Å². The lowest BCUT2D eigenvalue weighted by Crippen LogP contribution is -2.47. The highest BCUT2D eigenvalue weighted by Crippen LogP contribution is 2.43. The second kappa shape index (κ2) is 13.1. The third-order valence-electron chi connectivity index (χ3n) is 9.18. The van der Waals surface area contributed by atoms with E-state index in [0.717, 1.165) is 16.6 Å². The lowest BCUT2D eigenvalue weighted by molar-refractivity contribution is -0.137. The van der Waals surface area contributed by atoms with Gasteiger partial charge in [-0.25, -0.2) is 9.97 Å². The predicted molar refractivity (Wildman–Crippen MR) is 180 cm³/mol. The van der Waals surface area contributed by atoms with Gasteiger partial charge in [-0.2, -0.15) is 22.7 Å². The summed E-state index contributed by atoms with van der Waals surface area (Å²) in [6.45, 7) is 1.27. The number of ether oxygens (including phenoxy) is 1. The van der Waals surface area contributed by atoms with E-state index in [9.17, 15) is 36.9 Å². The van der Waals surface area contributed by atoms with Crippen LogP contribution in [-0.4, -0.2) is 74.5 Å². The van der Waals surface area contributed by atoms with Gasteiger partial charge in [0.1, 0.15) is 18.5 Å². The summed E-state index contributed by atoms with van der Waals surface area (Å²) in [7, 11) is -1.24. The molecule has 2 amide bonds. The quantitative estimate of drug-likeness (QED) is 0.257. The molecular weight excluding hydrogens is 729 g/mol. The third kappa shape index (κ3) is 6.19. The van der Waals surface area contributed by atoms with Crippen LogP contribution in [-0.2, 0) is 45.3 Å². The molecule has 5 heterocycles. The van der Waals surface area contributed by atoms with E-state index in [2.05, 4.69) is 25.4 Å². The second-order valence-electron chi connectivity index (χ2n) is 12.3. The Hall–Kier alpha value is -5.20. The van der Waals surface area contributed by atoms with Gasteiger partial charge in [0.2, 0.25) is 11.7 Å². The van der Waals surface area contributed by atoms with Crippen LogP contribution in [0, 0.1) is 6.92 Å². The zero-order valence-electron chi connectivity index (χ0n) is 27.4. The maximum Gasteiger partial charge on any atom is 0.416 e. The van der Waals surface area contributed by atoms with Crippen molar-refractivity contribution in [3.63, 3.8) is 0 Å². The van der Waals surface area contributed by atoms with Crippen molar-refractivity contribution in [2.24, 2.45) is 0 Å². The maximum absolute atomic E-state index is 14.3. The minimum absolute atomic E-state index is 0.00145. The molecular formula is C33H28ClF3N8O6S. The van der Waals surface area contributed by atoms with Crippen LogP contribution in [0.1, 0.15) is 45.8 Å². The van der Waals surface area contributed by atoms with Crippen LogP contribution >= 0.6 is 11.6 Å². The van der Waals surface area contributed by atoms with Crippen LogP contribution in [0.5, 0.6) is 5.75 Å². The molecule has 14 nitrogen and oxygen atoms in total. The first kappa shape index (κ1) is 35.2. The van der Waals surface area contributed by atoms with E-state index in [1.807, 2.05) is 0 Å². The number of amides is 2. The van der Waals surface area contributed by atoms with Crippen LogP contribution in [0.2, 0.25) is 5.02 Å². The van der Waals surface area contributed by atoms with Crippen LogP contribution in [0.15, 0.2) is 58.5 Å². The number of hydrogen-bond donors (Lipinski definition) is 2. The number of fused-ring (bicyclic) bond motifs is 3. The molecule has 1 spiro atoms. The number of aryl methyl sites for hydroxylation is 1. The smallest absolute Gasteiger partial charge is 0.416 e. The van der Waals surface area contributed by atoms with Crippen molar-refractivity contribution in [2.75, 3.05) is 24.7 Å². The SMILES string of the molecule is Cc1ncnc(C(=O)N2CCC3(CC2)OCc2c3c(=O)n3nc(-c4ccc(S(C)=O)cc4)nc3n2CC(=O)Nc2ccc(C(F)(F)F)cc2Cl)c1O. The molecule has 19 heteroatoms. The summed E-state index contributed by atoms with van der Waals surface area (Å²) in [5, 5.41) is 17.1. The topological polar surface area (TPSA) is 174 Å². The van der Waals surface area contributed by atoms with E-state index < -0.39 is 52.1 Å². The minimum atomic E-state index is -4.64. The standard InChI is InChI=1S/C33H28ClF3N8O6S/c1-17-27(47)26(39-16-38-17)30(49)43-11-9-32(10-12-43)25-23(15-51-32)44(14-24(46)40-22-8-5-19(13-21(22)34)33(35,36)37)31-41-28(42-45(31)29(25)48)18-3-6-20(7-4-18)52(2)50/h3-8,13,16,47H,9-12,14-15H2,1-2H3,(H,40,46).